The monoisotopic (exact) mass is 322 g/mol. The zero-order valence-corrected chi connectivity index (χ0v) is 13.5. The van der Waals surface area contributed by atoms with Gasteiger partial charge in [-0.15, -0.1) is 0 Å². The van der Waals surface area contributed by atoms with E-state index in [-0.39, 0.29) is 18.3 Å². The van der Waals surface area contributed by atoms with Crippen molar-refractivity contribution in [2.45, 2.75) is 6.42 Å². The molecule has 1 aliphatic rings. The molecule has 1 saturated heterocycles. The van der Waals surface area contributed by atoms with Crippen LogP contribution >= 0.6 is 0 Å². The highest BCUT2D eigenvalue weighted by molar-refractivity contribution is 5.95. The molecule has 0 aromatic heterocycles. The molecule has 1 amide bonds. The highest BCUT2D eigenvalue weighted by atomic mass is 19.1. The molecule has 1 atom stereocenters. The standard InChI is InChI=1S/C16H23FN4O2/c1-18-16(21-7-6-12(10-21)11-23-2)19-9-15(22)20-14-5-3-4-13(17)8-14/h3-5,8,12H,6-7,9-11H2,1-2H3,(H,18,19)(H,20,22). The summed E-state index contributed by atoms with van der Waals surface area (Å²) in [6.07, 6.45) is 1.05. The van der Waals surface area contributed by atoms with Crippen molar-refractivity contribution in [3.63, 3.8) is 0 Å². The number of aliphatic imine (C=N–C) groups is 1. The van der Waals surface area contributed by atoms with Gasteiger partial charge in [0.1, 0.15) is 5.82 Å². The quantitative estimate of drug-likeness (QED) is 0.634. The third-order valence-corrected chi connectivity index (χ3v) is 3.71. The van der Waals surface area contributed by atoms with Crippen LogP contribution in [0.25, 0.3) is 0 Å². The van der Waals surface area contributed by atoms with Crippen molar-refractivity contribution in [2.75, 3.05) is 45.7 Å². The van der Waals surface area contributed by atoms with Gasteiger partial charge in [0.2, 0.25) is 5.91 Å². The van der Waals surface area contributed by atoms with Crippen molar-refractivity contribution in [3.05, 3.63) is 30.1 Å². The summed E-state index contributed by atoms with van der Waals surface area (Å²) >= 11 is 0. The van der Waals surface area contributed by atoms with Crippen LogP contribution in [0, 0.1) is 11.7 Å². The number of halogens is 1. The smallest absolute Gasteiger partial charge is 0.243 e. The third-order valence-electron chi connectivity index (χ3n) is 3.71. The number of rotatable bonds is 5. The van der Waals surface area contributed by atoms with E-state index in [1.165, 1.54) is 12.1 Å². The van der Waals surface area contributed by atoms with Crippen LogP contribution in [-0.4, -0.2) is 57.2 Å². The van der Waals surface area contributed by atoms with Crippen LogP contribution in [0.5, 0.6) is 0 Å². The summed E-state index contributed by atoms with van der Waals surface area (Å²) in [7, 11) is 3.39. The van der Waals surface area contributed by atoms with E-state index in [1.54, 1.807) is 26.3 Å². The maximum Gasteiger partial charge on any atom is 0.243 e. The third kappa shape index (κ3) is 5.21. The number of likely N-dealkylation sites (tertiary alicyclic amines) is 1. The van der Waals surface area contributed by atoms with Gasteiger partial charge in [-0.3, -0.25) is 9.79 Å². The van der Waals surface area contributed by atoms with Crippen molar-refractivity contribution in [1.82, 2.24) is 10.2 Å². The van der Waals surface area contributed by atoms with Gasteiger partial charge in [-0.05, 0) is 24.6 Å². The number of amides is 1. The Bertz CT molecular complexity index is 565. The number of ether oxygens (including phenoxy) is 1. The Balaban J connectivity index is 1.80. The summed E-state index contributed by atoms with van der Waals surface area (Å²) in [5.74, 6) is 0.551. The van der Waals surface area contributed by atoms with E-state index in [2.05, 4.69) is 20.5 Å². The predicted octanol–water partition coefficient (Wildman–Crippen LogP) is 1.31. The molecular weight excluding hydrogens is 299 g/mol. The Kier molecular flexibility index (Phi) is 6.34. The molecule has 0 saturated carbocycles. The van der Waals surface area contributed by atoms with Crippen LogP contribution in [0.2, 0.25) is 0 Å². The van der Waals surface area contributed by atoms with Crippen LogP contribution in [0.1, 0.15) is 6.42 Å². The number of nitrogens with zero attached hydrogens (tertiary/aromatic N) is 2. The molecule has 1 aromatic carbocycles. The number of methoxy groups -OCH3 is 1. The summed E-state index contributed by atoms with van der Waals surface area (Å²) in [5, 5.41) is 5.68. The minimum absolute atomic E-state index is 0.0780. The fourth-order valence-electron chi connectivity index (χ4n) is 2.66. The first kappa shape index (κ1) is 17.2. The van der Waals surface area contributed by atoms with E-state index < -0.39 is 0 Å². The van der Waals surface area contributed by atoms with Gasteiger partial charge in [-0.2, -0.15) is 0 Å². The molecule has 0 aliphatic carbocycles. The topological polar surface area (TPSA) is 66.0 Å². The van der Waals surface area contributed by atoms with Gasteiger partial charge < -0.3 is 20.3 Å². The van der Waals surface area contributed by atoms with Gasteiger partial charge in [0.25, 0.3) is 0 Å². The second-order valence-corrected chi connectivity index (χ2v) is 5.52. The number of hydrogen-bond donors (Lipinski definition) is 2. The van der Waals surface area contributed by atoms with Crippen LogP contribution in [0.4, 0.5) is 10.1 Å². The van der Waals surface area contributed by atoms with Gasteiger partial charge in [-0.25, -0.2) is 4.39 Å². The highest BCUT2D eigenvalue weighted by Crippen LogP contribution is 2.16. The average molecular weight is 322 g/mol. The van der Waals surface area contributed by atoms with Crippen molar-refractivity contribution in [1.29, 1.82) is 0 Å². The lowest BCUT2D eigenvalue weighted by molar-refractivity contribution is -0.115. The van der Waals surface area contributed by atoms with Crippen LogP contribution < -0.4 is 10.6 Å². The van der Waals surface area contributed by atoms with E-state index in [4.69, 9.17) is 4.74 Å². The molecule has 23 heavy (non-hydrogen) atoms. The Hall–Kier alpha value is -2.15. The normalized spacial score (nSPS) is 18.1. The van der Waals surface area contributed by atoms with Gasteiger partial charge in [0, 0.05) is 38.9 Å². The van der Waals surface area contributed by atoms with Crippen molar-refractivity contribution in [2.24, 2.45) is 10.9 Å². The number of nitrogens with one attached hydrogen (secondary N) is 2. The summed E-state index contributed by atoms with van der Waals surface area (Å²) in [6, 6.07) is 5.81. The molecule has 7 heteroatoms. The fourth-order valence-corrected chi connectivity index (χ4v) is 2.66. The van der Waals surface area contributed by atoms with Gasteiger partial charge >= 0.3 is 0 Å². The lowest BCUT2D eigenvalue weighted by Crippen LogP contribution is -2.43. The average Bonchev–Trinajstić information content (AvgIpc) is 2.97. The van der Waals surface area contributed by atoms with E-state index in [0.717, 1.165) is 26.1 Å². The first-order chi connectivity index (χ1) is 11.1. The fraction of sp³-hybridized carbons (Fsp3) is 0.500. The first-order valence-electron chi connectivity index (χ1n) is 7.62. The first-order valence-corrected chi connectivity index (χ1v) is 7.62. The number of carbonyl (C=O) groups is 1. The largest absolute Gasteiger partial charge is 0.384 e. The minimum Gasteiger partial charge on any atom is -0.384 e. The predicted molar refractivity (Wildman–Crippen MR) is 87.9 cm³/mol. The number of guanidine groups is 1. The molecule has 1 aromatic rings. The number of benzene rings is 1. The molecule has 1 unspecified atom stereocenters. The van der Waals surface area contributed by atoms with Gasteiger partial charge in [-0.1, -0.05) is 6.07 Å². The zero-order valence-electron chi connectivity index (χ0n) is 13.5. The number of hydrogen-bond acceptors (Lipinski definition) is 3. The SMILES string of the molecule is CN=C(NCC(=O)Nc1cccc(F)c1)N1CCC(COC)C1. The summed E-state index contributed by atoms with van der Waals surface area (Å²) in [6.45, 7) is 2.56. The number of anilines is 1. The van der Waals surface area contributed by atoms with Crippen molar-refractivity contribution >= 4 is 17.6 Å². The summed E-state index contributed by atoms with van der Waals surface area (Å²) < 4.78 is 18.3. The number of carbonyl (C=O) groups excluding carboxylic acids is 1. The highest BCUT2D eigenvalue weighted by Gasteiger charge is 2.24. The maximum absolute atomic E-state index is 13.1. The molecular formula is C16H23FN4O2. The van der Waals surface area contributed by atoms with E-state index in [1.807, 2.05) is 0 Å². The molecule has 2 rings (SSSR count). The van der Waals surface area contributed by atoms with Crippen LogP contribution in [0.15, 0.2) is 29.3 Å². The van der Waals surface area contributed by atoms with Crippen LogP contribution in [-0.2, 0) is 9.53 Å². The Morgan fingerprint density at radius 3 is 3.04 bits per heavy atom. The molecule has 1 fully saturated rings. The molecule has 126 valence electrons. The van der Waals surface area contributed by atoms with E-state index >= 15 is 0 Å². The second kappa shape index (κ2) is 8.47. The lowest BCUT2D eigenvalue weighted by atomic mass is 10.1. The molecule has 2 N–H and O–H groups in total. The molecule has 1 heterocycles. The van der Waals surface area contributed by atoms with Gasteiger partial charge in [0.15, 0.2) is 5.96 Å². The Morgan fingerprint density at radius 1 is 1.52 bits per heavy atom. The lowest BCUT2D eigenvalue weighted by Gasteiger charge is -2.21. The summed E-state index contributed by atoms with van der Waals surface area (Å²) in [4.78, 5) is 18.3. The molecule has 0 radical (unpaired) electrons. The second-order valence-electron chi connectivity index (χ2n) is 5.52. The van der Waals surface area contributed by atoms with E-state index in [9.17, 15) is 9.18 Å². The maximum atomic E-state index is 13.1. The van der Waals surface area contributed by atoms with Crippen molar-refractivity contribution < 1.29 is 13.9 Å². The molecule has 6 nitrogen and oxygen atoms in total. The molecule has 0 bridgehead atoms. The summed E-state index contributed by atoms with van der Waals surface area (Å²) in [5.41, 5.74) is 0.438. The van der Waals surface area contributed by atoms with Crippen molar-refractivity contribution in [3.8, 4) is 0 Å². The van der Waals surface area contributed by atoms with Gasteiger partial charge in [0.05, 0.1) is 13.2 Å². The minimum atomic E-state index is -0.382. The van der Waals surface area contributed by atoms with Crippen LogP contribution in [0.3, 0.4) is 0 Å². The zero-order chi connectivity index (χ0) is 16.7. The van der Waals surface area contributed by atoms with E-state index in [0.29, 0.717) is 17.6 Å². The molecule has 0 spiro atoms. The molecule has 1 aliphatic heterocycles. The Morgan fingerprint density at radius 2 is 2.35 bits per heavy atom. The Labute approximate surface area is 135 Å².